The molecule has 0 saturated carbocycles. The van der Waals surface area contributed by atoms with Crippen molar-refractivity contribution in [3.63, 3.8) is 0 Å². The van der Waals surface area contributed by atoms with E-state index in [1.54, 1.807) is 64.1 Å². The fourth-order valence-electron chi connectivity index (χ4n) is 2.31. The highest BCUT2D eigenvalue weighted by atomic mass is 16.5. The van der Waals surface area contributed by atoms with Gasteiger partial charge >= 0.3 is 5.97 Å². The number of ether oxygens (including phenoxy) is 2. The second-order valence-corrected chi connectivity index (χ2v) is 7.10. The first-order chi connectivity index (χ1) is 11.7. The Balaban J connectivity index is 2.27. The molecule has 0 radical (unpaired) electrons. The van der Waals surface area contributed by atoms with Crippen molar-refractivity contribution in [3.05, 3.63) is 65.7 Å². The summed E-state index contributed by atoms with van der Waals surface area (Å²) in [6.07, 6.45) is 0. The lowest BCUT2D eigenvalue weighted by Gasteiger charge is -2.27. The molecule has 0 aliphatic carbocycles. The number of carbonyl (C=O) groups is 2. The Labute approximate surface area is 148 Å². The average Bonchev–Trinajstić information content (AvgIpc) is 2.61. The minimum atomic E-state index is -1.12. The summed E-state index contributed by atoms with van der Waals surface area (Å²) in [7, 11) is 1.51. The summed E-state index contributed by atoms with van der Waals surface area (Å²) in [6.45, 7) is 7.12. The predicted octanol–water partition coefficient (Wildman–Crippen LogP) is 4.38. The van der Waals surface area contributed by atoms with Crippen LogP contribution in [-0.2, 0) is 15.1 Å². The Bertz CT molecular complexity index is 742. The van der Waals surface area contributed by atoms with E-state index in [1.165, 1.54) is 7.11 Å². The molecular weight excluding hydrogens is 316 g/mol. The number of hydrogen-bond donors (Lipinski definition) is 0. The summed E-state index contributed by atoms with van der Waals surface area (Å²) in [6, 6.07) is 15.9. The van der Waals surface area contributed by atoms with E-state index in [9.17, 15) is 9.59 Å². The van der Waals surface area contributed by atoms with Gasteiger partial charge in [-0.3, -0.25) is 9.59 Å². The smallest absolute Gasteiger partial charge is 0.316 e. The molecule has 4 nitrogen and oxygen atoms in total. The first kappa shape index (κ1) is 18.9. The Morgan fingerprint density at radius 1 is 0.840 bits per heavy atom. The number of benzene rings is 2. The molecule has 4 heteroatoms. The number of ketones is 1. The SMILES string of the molecule is COC(C)(C(=O)c1ccccc1)c1ccc(OC(=O)C(C)(C)C)cc1. The van der Waals surface area contributed by atoms with Crippen LogP contribution < -0.4 is 4.74 Å². The molecule has 0 spiro atoms. The molecule has 0 saturated heterocycles. The van der Waals surface area contributed by atoms with Crippen LogP contribution in [0.4, 0.5) is 0 Å². The molecule has 0 heterocycles. The highest BCUT2D eigenvalue weighted by Gasteiger charge is 2.36. The molecule has 2 aromatic carbocycles. The number of hydrogen-bond acceptors (Lipinski definition) is 4. The maximum Gasteiger partial charge on any atom is 0.316 e. The van der Waals surface area contributed by atoms with E-state index in [-0.39, 0.29) is 11.8 Å². The number of Topliss-reactive ketones (excluding diaryl/α,β-unsaturated/α-hetero) is 1. The summed E-state index contributed by atoms with van der Waals surface area (Å²) in [5.41, 5.74) is -0.425. The van der Waals surface area contributed by atoms with Gasteiger partial charge in [-0.1, -0.05) is 42.5 Å². The molecule has 0 aliphatic rings. The quantitative estimate of drug-likeness (QED) is 0.460. The van der Waals surface area contributed by atoms with Gasteiger partial charge in [-0.15, -0.1) is 0 Å². The molecule has 0 aliphatic heterocycles. The molecular formula is C21H24O4. The van der Waals surface area contributed by atoms with Crippen molar-refractivity contribution in [1.29, 1.82) is 0 Å². The zero-order chi connectivity index (χ0) is 18.7. The van der Waals surface area contributed by atoms with Gasteiger partial charge in [-0.25, -0.2) is 0 Å². The van der Waals surface area contributed by atoms with Crippen molar-refractivity contribution < 1.29 is 19.1 Å². The van der Waals surface area contributed by atoms with Crippen molar-refractivity contribution >= 4 is 11.8 Å². The largest absolute Gasteiger partial charge is 0.426 e. The van der Waals surface area contributed by atoms with Gasteiger partial charge in [0, 0.05) is 12.7 Å². The molecule has 1 unspecified atom stereocenters. The minimum absolute atomic E-state index is 0.130. The molecule has 2 aromatic rings. The maximum atomic E-state index is 12.9. The Morgan fingerprint density at radius 3 is 1.88 bits per heavy atom. The third kappa shape index (κ3) is 4.15. The first-order valence-corrected chi connectivity index (χ1v) is 8.16. The van der Waals surface area contributed by atoms with E-state index in [0.29, 0.717) is 16.9 Å². The van der Waals surface area contributed by atoms with Crippen LogP contribution in [0.3, 0.4) is 0 Å². The van der Waals surface area contributed by atoms with Crippen molar-refractivity contribution in [2.24, 2.45) is 5.41 Å². The Hall–Kier alpha value is -2.46. The molecule has 0 bridgehead atoms. The van der Waals surface area contributed by atoms with Gasteiger partial charge in [0.05, 0.1) is 5.41 Å². The molecule has 1 atom stereocenters. The summed E-state index contributed by atoms with van der Waals surface area (Å²) < 4.78 is 10.9. The zero-order valence-corrected chi connectivity index (χ0v) is 15.3. The Kier molecular flexibility index (Phi) is 5.43. The molecule has 0 N–H and O–H groups in total. The number of methoxy groups -OCH3 is 1. The summed E-state index contributed by atoms with van der Waals surface area (Å²) in [5.74, 6) is -0.000519. The van der Waals surface area contributed by atoms with Gasteiger partial charge in [-0.2, -0.15) is 0 Å². The summed E-state index contributed by atoms with van der Waals surface area (Å²) in [5, 5.41) is 0. The van der Waals surface area contributed by atoms with Crippen LogP contribution in [0.25, 0.3) is 0 Å². The van der Waals surface area contributed by atoms with Gasteiger partial charge < -0.3 is 9.47 Å². The van der Waals surface area contributed by atoms with Gasteiger partial charge in [0.1, 0.15) is 5.75 Å². The van der Waals surface area contributed by atoms with Crippen LogP contribution in [0.1, 0.15) is 43.6 Å². The average molecular weight is 340 g/mol. The molecule has 0 fully saturated rings. The van der Waals surface area contributed by atoms with E-state index in [0.717, 1.165) is 0 Å². The second-order valence-electron chi connectivity index (χ2n) is 7.10. The third-order valence-corrected chi connectivity index (χ3v) is 4.11. The number of rotatable bonds is 5. The van der Waals surface area contributed by atoms with Crippen molar-refractivity contribution in [3.8, 4) is 5.75 Å². The minimum Gasteiger partial charge on any atom is -0.426 e. The van der Waals surface area contributed by atoms with Crippen LogP contribution in [0.5, 0.6) is 5.75 Å². The number of esters is 1. The molecule has 0 aromatic heterocycles. The van der Waals surface area contributed by atoms with Crippen LogP contribution in [0.2, 0.25) is 0 Å². The fourth-order valence-corrected chi connectivity index (χ4v) is 2.31. The highest BCUT2D eigenvalue weighted by molar-refractivity contribution is 6.02. The first-order valence-electron chi connectivity index (χ1n) is 8.16. The van der Waals surface area contributed by atoms with E-state index in [4.69, 9.17) is 9.47 Å². The predicted molar refractivity (Wildman–Crippen MR) is 96.7 cm³/mol. The van der Waals surface area contributed by atoms with E-state index < -0.39 is 11.0 Å². The van der Waals surface area contributed by atoms with Crippen LogP contribution in [0, 0.1) is 5.41 Å². The third-order valence-electron chi connectivity index (χ3n) is 4.11. The molecule has 132 valence electrons. The van der Waals surface area contributed by atoms with Crippen LogP contribution in [-0.4, -0.2) is 18.9 Å². The second kappa shape index (κ2) is 7.19. The van der Waals surface area contributed by atoms with Crippen molar-refractivity contribution in [2.75, 3.05) is 7.11 Å². The standard InChI is InChI=1S/C21H24O4/c1-20(2,3)19(23)25-17-13-11-16(12-14-17)21(4,24-5)18(22)15-9-7-6-8-10-15/h6-14H,1-5H3. The molecule has 0 amide bonds. The lowest BCUT2D eigenvalue weighted by molar-refractivity contribution is -0.143. The molecule has 2 rings (SSSR count). The lowest BCUT2D eigenvalue weighted by atomic mass is 9.87. The number of carbonyl (C=O) groups excluding carboxylic acids is 2. The van der Waals surface area contributed by atoms with E-state index in [2.05, 4.69) is 0 Å². The monoisotopic (exact) mass is 340 g/mol. The lowest BCUT2D eigenvalue weighted by Crippen LogP contribution is -2.34. The van der Waals surface area contributed by atoms with Crippen LogP contribution >= 0.6 is 0 Å². The van der Waals surface area contributed by atoms with Crippen molar-refractivity contribution in [1.82, 2.24) is 0 Å². The summed E-state index contributed by atoms with van der Waals surface area (Å²) in [4.78, 5) is 24.8. The Morgan fingerprint density at radius 2 is 1.40 bits per heavy atom. The topological polar surface area (TPSA) is 52.6 Å². The van der Waals surface area contributed by atoms with Gasteiger partial charge in [0.15, 0.2) is 11.4 Å². The normalized spacial score (nSPS) is 13.8. The summed E-state index contributed by atoms with van der Waals surface area (Å²) >= 11 is 0. The van der Waals surface area contributed by atoms with Gasteiger partial charge in [0.25, 0.3) is 0 Å². The zero-order valence-electron chi connectivity index (χ0n) is 15.3. The van der Waals surface area contributed by atoms with Crippen molar-refractivity contribution in [2.45, 2.75) is 33.3 Å². The van der Waals surface area contributed by atoms with E-state index in [1.807, 2.05) is 18.2 Å². The van der Waals surface area contributed by atoms with Gasteiger partial charge in [0.2, 0.25) is 0 Å². The van der Waals surface area contributed by atoms with E-state index >= 15 is 0 Å². The van der Waals surface area contributed by atoms with Crippen LogP contribution in [0.15, 0.2) is 54.6 Å². The van der Waals surface area contributed by atoms with Gasteiger partial charge in [-0.05, 0) is 45.4 Å². The molecule has 25 heavy (non-hydrogen) atoms. The highest BCUT2D eigenvalue weighted by Crippen LogP contribution is 2.31. The maximum absolute atomic E-state index is 12.9. The fraction of sp³-hybridized carbons (Fsp3) is 0.333.